The molecule has 0 saturated carbocycles. The van der Waals surface area contributed by atoms with Gasteiger partial charge in [-0.15, -0.1) is 0 Å². The van der Waals surface area contributed by atoms with E-state index in [0.717, 1.165) is 0 Å². The van der Waals surface area contributed by atoms with Crippen LogP contribution in [0.2, 0.25) is 0 Å². The predicted molar refractivity (Wildman–Crippen MR) is 59.6 cm³/mol. The molecule has 3 rings (SSSR count). The Balaban J connectivity index is 2.26. The van der Waals surface area contributed by atoms with Gasteiger partial charge in [-0.3, -0.25) is 4.79 Å². The van der Waals surface area contributed by atoms with Gasteiger partial charge in [0.2, 0.25) is 12.4 Å². The van der Waals surface area contributed by atoms with Gasteiger partial charge in [0.05, 0.1) is 13.2 Å². The molecule has 1 saturated heterocycles. The molecule has 1 aromatic heterocycles. The molecule has 2 aliphatic heterocycles. The smallest absolute Gasteiger partial charge is 0.308 e. The molecule has 3 heterocycles. The topological polar surface area (TPSA) is 103 Å². The van der Waals surface area contributed by atoms with Crippen molar-refractivity contribution < 1.29 is 28.8 Å². The lowest BCUT2D eigenvalue weighted by Crippen LogP contribution is -2.58. The maximum absolute atomic E-state index is 12.5. The van der Waals surface area contributed by atoms with Gasteiger partial charge < -0.3 is 24.6 Å². The van der Waals surface area contributed by atoms with Gasteiger partial charge in [-0.05, 0) is 5.11 Å². The Morgan fingerprint density at radius 1 is 1.60 bits per heavy atom. The van der Waals surface area contributed by atoms with Crippen LogP contribution in [-0.2, 0) is 9.53 Å². The van der Waals surface area contributed by atoms with Crippen LogP contribution < -0.4 is 24.7 Å². The number of carbonyl (C=O) groups excluding carboxylic acids is 1. The number of esters is 1. The van der Waals surface area contributed by atoms with E-state index < -0.39 is 17.9 Å². The van der Waals surface area contributed by atoms with Crippen molar-refractivity contribution in [3.8, 4) is 11.5 Å². The monoisotopic (exact) mass is 278 g/mol. The first-order chi connectivity index (χ1) is 9.58. The van der Waals surface area contributed by atoms with Gasteiger partial charge >= 0.3 is 5.97 Å². The number of fused-ring (bicyclic) bond motifs is 2. The summed E-state index contributed by atoms with van der Waals surface area (Å²) in [5.74, 6) is -1.85. The standard InChI is InChI=1S/C12H12N3O5/c1-7(16)20-11-8(17)2-3-15-10(11)12(18)14-4-5-19-6-9(14)13-15/h2-3,9H,4-6H2,1H3/q-1. The van der Waals surface area contributed by atoms with E-state index in [4.69, 9.17) is 9.47 Å². The SMILES string of the molecule is CC(=O)Oc1c([O-])cc[n+]2c1=C([O-])N1CCOCC1N=2. The van der Waals surface area contributed by atoms with Gasteiger partial charge in [0.1, 0.15) is 0 Å². The summed E-state index contributed by atoms with van der Waals surface area (Å²) in [7, 11) is 0. The number of nitrogens with zero attached hydrogens (tertiary/aromatic N) is 3. The fourth-order valence-corrected chi connectivity index (χ4v) is 2.25. The summed E-state index contributed by atoms with van der Waals surface area (Å²) < 4.78 is 11.4. The second-order valence-electron chi connectivity index (χ2n) is 4.47. The van der Waals surface area contributed by atoms with E-state index in [1.54, 1.807) is 0 Å². The molecule has 106 valence electrons. The Labute approximate surface area is 113 Å². The van der Waals surface area contributed by atoms with Gasteiger partial charge in [-0.2, -0.15) is 0 Å². The quantitative estimate of drug-likeness (QED) is 0.403. The van der Waals surface area contributed by atoms with Crippen LogP contribution in [0.5, 0.6) is 11.5 Å². The van der Waals surface area contributed by atoms with Gasteiger partial charge in [0.15, 0.2) is 5.75 Å². The number of hydrogen-bond donors (Lipinski definition) is 0. The van der Waals surface area contributed by atoms with E-state index >= 15 is 0 Å². The van der Waals surface area contributed by atoms with E-state index in [1.807, 2.05) is 0 Å². The molecule has 8 nitrogen and oxygen atoms in total. The average Bonchev–Trinajstić information content (AvgIpc) is 2.42. The lowest BCUT2D eigenvalue weighted by atomic mass is 10.3. The fourth-order valence-electron chi connectivity index (χ4n) is 2.25. The molecule has 0 bridgehead atoms. The van der Waals surface area contributed by atoms with Crippen LogP contribution in [0.25, 0.3) is 5.88 Å². The van der Waals surface area contributed by atoms with Crippen LogP contribution >= 0.6 is 0 Å². The second-order valence-corrected chi connectivity index (χ2v) is 4.47. The minimum Gasteiger partial charge on any atom is -0.870 e. The van der Waals surface area contributed by atoms with Gasteiger partial charge in [0.25, 0.3) is 5.35 Å². The normalized spacial score (nSPS) is 20.8. The number of morpholine rings is 1. The molecule has 8 heteroatoms. The third kappa shape index (κ3) is 1.94. The van der Waals surface area contributed by atoms with Crippen LogP contribution in [-0.4, -0.2) is 36.8 Å². The third-order valence-corrected chi connectivity index (χ3v) is 3.11. The van der Waals surface area contributed by atoms with Crippen molar-refractivity contribution >= 4 is 11.9 Å². The van der Waals surface area contributed by atoms with Crippen molar-refractivity contribution in [3.05, 3.63) is 17.6 Å². The molecule has 1 atom stereocenters. The molecular weight excluding hydrogens is 266 g/mol. The van der Waals surface area contributed by atoms with Crippen molar-refractivity contribution in [2.75, 3.05) is 19.8 Å². The highest BCUT2D eigenvalue weighted by Gasteiger charge is 2.30. The number of hydrogen-bond acceptors (Lipinski definition) is 7. The number of pyridine rings is 1. The van der Waals surface area contributed by atoms with E-state index in [0.29, 0.717) is 19.8 Å². The summed E-state index contributed by atoms with van der Waals surface area (Å²) in [5, 5.41) is 28.5. The number of ether oxygens (including phenoxy) is 2. The fraction of sp³-hybridized carbons (Fsp3) is 0.417. The summed E-state index contributed by atoms with van der Waals surface area (Å²) >= 11 is 0. The first-order valence-electron chi connectivity index (χ1n) is 6.12. The molecule has 0 spiro atoms. The van der Waals surface area contributed by atoms with Gasteiger partial charge in [0, 0.05) is 25.4 Å². The van der Waals surface area contributed by atoms with E-state index in [-0.39, 0.29) is 17.0 Å². The predicted octanol–water partition coefficient (Wildman–Crippen LogP) is -2.90. The maximum Gasteiger partial charge on any atom is 0.308 e. The highest BCUT2D eigenvalue weighted by molar-refractivity contribution is 5.70. The van der Waals surface area contributed by atoms with Crippen molar-refractivity contribution in [1.29, 1.82) is 0 Å². The van der Waals surface area contributed by atoms with E-state index in [1.165, 1.54) is 28.5 Å². The summed E-state index contributed by atoms with van der Waals surface area (Å²) in [6.45, 7) is 2.28. The van der Waals surface area contributed by atoms with E-state index in [2.05, 4.69) is 5.11 Å². The first-order valence-corrected chi connectivity index (χ1v) is 6.12. The van der Waals surface area contributed by atoms with Crippen molar-refractivity contribution in [2.45, 2.75) is 13.1 Å². The minimum absolute atomic E-state index is 0.0224. The second kappa shape index (κ2) is 4.64. The first kappa shape index (κ1) is 12.7. The minimum atomic E-state index is -0.659. The largest absolute Gasteiger partial charge is 0.870 e. The molecule has 2 aliphatic rings. The molecule has 20 heavy (non-hydrogen) atoms. The van der Waals surface area contributed by atoms with Crippen LogP contribution in [0.4, 0.5) is 0 Å². The van der Waals surface area contributed by atoms with Crippen LogP contribution in [0.1, 0.15) is 6.92 Å². The van der Waals surface area contributed by atoms with Crippen LogP contribution in [0, 0.1) is 0 Å². The summed E-state index contributed by atoms with van der Waals surface area (Å²) in [5.41, 5.74) is 0. The zero-order valence-electron chi connectivity index (χ0n) is 10.7. The van der Waals surface area contributed by atoms with Crippen LogP contribution in [0.3, 0.4) is 0 Å². The van der Waals surface area contributed by atoms with E-state index in [9.17, 15) is 15.0 Å². The van der Waals surface area contributed by atoms with Crippen molar-refractivity contribution in [1.82, 2.24) is 4.90 Å². The van der Waals surface area contributed by atoms with Crippen LogP contribution in [0.15, 0.2) is 17.4 Å². The number of carbonyl (C=O) groups is 1. The molecule has 0 radical (unpaired) electrons. The van der Waals surface area contributed by atoms with Crippen molar-refractivity contribution in [2.24, 2.45) is 5.11 Å². The molecule has 1 fully saturated rings. The Kier molecular flexibility index (Phi) is 2.94. The van der Waals surface area contributed by atoms with Gasteiger partial charge in [-0.1, -0.05) is 10.1 Å². The Hall–Kier alpha value is -2.35. The average molecular weight is 278 g/mol. The summed E-state index contributed by atoms with van der Waals surface area (Å²) in [4.78, 5) is 12.6. The molecule has 0 N–H and O–H groups in total. The molecule has 0 aliphatic carbocycles. The highest BCUT2D eigenvalue weighted by atomic mass is 16.5. The zero-order valence-corrected chi connectivity index (χ0v) is 10.7. The summed E-state index contributed by atoms with van der Waals surface area (Å²) in [6.07, 6.45) is 0.963. The number of aromatic nitrogens is 1. The molecule has 1 unspecified atom stereocenters. The molecular formula is C12H12N3O5-. The zero-order chi connectivity index (χ0) is 14.3. The maximum atomic E-state index is 12.5. The third-order valence-electron chi connectivity index (χ3n) is 3.11. The number of rotatable bonds is 1. The van der Waals surface area contributed by atoms with Crippen molar-refractivity contribution in [3.63, 3.8) is 0 Å². The molecule has 0 aromatic carbocycles. The molecule has 0 amide bonds. The Bertz CT molecular complexity index is 687. The lowest BCUT2D eigenvalue weighted by molar-refractivity contribution is -0.580. The molecule has 1 aromatic rings. The van der Waals surface area contributed by atoms with Gasteiger partial charge in [-0.25, -0.2) is 0 Å². The Morgan fingerprint density at radius 2 is 2.40 bits per heavy atom. The summed E-state index contributed by atoms with van der Waals surface area (Å²) in [6, 6.07) is 1.21. The highest BCUT2D eigenvalue weighted by Crippen LogP contribution is 2.19. The Morgan fingerprint density at radius 3 is 3.15 bits per heavy atom. The lowest BCUT2D eigenvalue weighted by Gasteiger charge is -2.37.